The van der Waals surface area contributed by atoms with E-state index in [0.717, 1.165) is 12.0 Å². The topological polar surface area (TPSA) is 15.3 Å². The Hall–Kier alpha value is -0.0800. The van der Waals surface area contributed by atoms with Crippen molar-refractivity contribution in [3.05, 3.63) is 0 Å². The van der Waals surface area contributed by atoms with Gasteiger partial charge in [-0.05, 0) is 51.7 Å². The molecule has 1 saturated carbocycles. The molecule has 0 radical (unpaired) electrons. The third kappa shape index (κ3) is 3.74. The van der Waals surface area contributed by atoms with E-state index in [1.54, 1.807) is 0 Å². The van der Waals surface area contributed by atoms with Gasteiger partial charge in [0.1, 0.15) is 0 Å². The van der Waals surface area contributed by atoms with Crippen LogP contribution in [-0.4, -0.2) is 37.6 Å². The molecule has 94 valence electrons. The van der Waals surface area contributed by atoms with Crippen molar-refractivity contribution in [3.8, 4) is 0 Å². The predicted octanol–water partition coefficient (Wildman–Crippen LogP) is 2.64. The molecule has 0 aromatic heterocycles. The van der Waals surface area contributed by atoms with Gasteiger partial charge in [0.2, 0.25) is 0 Å². The molecule has 0 bridgehead atoms. The molecule has 0 atom stereocenters. The molecular formula is C14H28N2. The molecule has 1 saturated heterocycles. The third-order valence-electron chi connectivity index (χ3n) is 4.49. The quantitative estimate of drug-likeness (QED) is 0.741. The molecule has 2 heteroatoms. The molecule has 0 amide bonds. The zero-order chi connectivity index (χ0) is 11.2. The summed E-state index contributed by atoms with van der Waals surface area (Å²) in [5.41, 5.74) is 0. The average molecular weight is 224 g/mol. The highest BCUT2D eigenvalue weighted by Crippen LogP contribution is 2.24. The van der Waals surface area contributed by atoms with Gasteiger partial charge in [-0.1, -0.05) is 25.7 Å². The average Bonchev–Trinajstić information content (AvgIpc) is 2.59. The molecule has 0 spiro atoms. The van der Waals surface area contributed by atoms with Crippen LogP contribution in [0, 0.1) is 5.92 Å². The molecular weight excluding hydrogens is 196 g/mol. The normalized spacial score (nSPS) is 26.8. The number of hydrogen-bond acceptors (Lipinski definition) is 2. The molecule has 2 rings (SSSR count). The first-order valence-corrected chi connectivity index (χ1v) is 7.28. The Labute approximate surface area is 101 Å². The van der Waals surface area contributed by atoms with Crippen molar-refractivity contribution in [2.45, 2.75) is 57.4 Å². The fourth-order valence-electron chi connectivity index (χ4n) is 3.32. The van der Waals surface area contributed by atoms with Gasteiger partial charge >= 0.3 is 0 Å². The zero-order valence-corrected chi connectivity index (χ0v) is 10.9. The Bertz CT molecular complexity index is 177. The Morgan fingerprint density at radius 2 is 1.56 bits per heavy atom. The van der Waals surface area contributed by atoms with Crippen LogP contribution < -0.4 is 5.32 Å². The minimum atomic E-state index is 0.783. The van der Waals surface area contributed by atoms with Crippen molar-refractivity contribution < 1.29 is 0 Å². The Morgan fingerprint density at radius 3 is 2.12 bits per heavy atom. The lowest BCUT2D eigenvalue weighted by molar-refractivity contribution is 0.168. The van der Waals surface area contributed by atoms with E-state index in [4.69, 9.17) is 0 Å². The summed E-state index contributed by atoms with van der Waals surface area (Å²) in [6, 6.07) is 0.783. The van der Waals surface area contributed by atoms with Gasteiger partial charge in [0.15, 0.2) is 0 Å². The fraction of sp³-hybridized carbons (Fsp3) is 1.00. The van der Waals surface area contributed by atoms with Gasteiger partial charge in [-0.2, -0.15) is 0 Å². The van der Waals surface area contributed by atoms with E-state index < -0.39 is 0 Å². The van der Waals surface area contributed by atoms with Gasteiger partial charge in [0.25, 0.3) is 0 Å². The van der Waals surface area contributed by atoms with E-state index in [1.807, 2.05) is 0 Å². The molecule has 1 N–H and O–H groups in total. The molecule has 16 heavy (non-hydrogen) atoms. The highest BCUT2D eigenvalue weighted by atomic mass is 15.1. The Morgan fingerprint density at radius 1 is 0.938 bits per heavy atom. The van der Waals surface area contributed by atoms with Gasteiger partial charge < -0.3 is 10.2 Å². The van der Waals surface area contributed by atoms with Gasteiger partial charge in [-0.15, -0.1) is 0 Å². The maximum atomic E-state index is 3.41. The second-order valence-corrected chi connectivity index (χ2v) is 5.72. The van der Waals surface area contributed by atoms with E-state index in [2.05, 4.69) is 17.3 Å². The maximum Gasteiger partial charge on any atom is 0.00884 e. The first kappa shape index (κ1) is 12.4. The minimum absolute atomic E-state index is 0.783. The lowest BCUT2D eigenvalue weighted by Crippen LogP contribution is -2.42. The van der Waals surface area contributed by atoms with Crippen LogP contribution in [0.1, 0.15) is 51.4 Å². The lowest BCUT2D eigenvalue weighted by Gasteiger charge is -2.34. The summed E-state index contributed by atoms with van der Waals surface area (Å²) in [5.74, 6) is 1.01. The SMILES string of the molecule is CNC1CCN(CC2CCCCCC2)CC1. The molecule has 2 fully saturated rings. The molecule has 1 aliphatic heterocycles. The second kappa shape index (κ2) is 6.61. The number of nitrogens with zero attached hydrogens (tertiary/aromatic N) is 1. The summed E-state index contributed by atoms with van der Waals surface area (Å²) in [5, 5.41) is 3.41. The number of piperidine rings is 1. The fourth-order valence-corrected chi connectivity index (χ4v) is 3.32. The van der Waals surface area contributed by atoms with E-state index in [9.17, 15) is 0 Å². The van der Waals surface area contributed by atoms with E-state index in [1.165, 1.54) is 71.0 Å². The van der Waals surface area contributed by atoms with Crippen LogP contribution in [0.3, 0.4) is 0 Å². The van der Waals surface area contributed by atoms with Crippen molar-refractivity contribution in [2.75, 3.05) is 26.7 Å². The zero-order valence-electron chi connectivity index (χ0n) is 10.9. The smallest absolute Gasteiger partial charge is 0.00884 e. The number of likely N-dealkylation sites (tertiary alicyclic amines) is 1. The molecule has 2 aliphatic rings. The molecule has 0 aromatic rings. The molecule has 0 aromatic carbocycles. The summed E-state index contributed by atoms with van der Waals surface area (Å²) in [4.78, 5) is 2.71. The van der Waals surface area contributed by atoms with Crippen LogP contribution in [0.2, 0.25) is 0 Å². The Balaban J connectivity index is 1.69. The van der Waals surface area contributed by atoms with Gasteiger partial charge in [0.05, 0.1) is 0 Å². The van der Waals surface area contributed by atoms with Crippen LogP contribution in [0.15, 0.2) is 0 Å². The van der Waals surface area contributed by atoms with E-state index >= 15 is 0 Å². The van der Waals surface area contributed by atoms with Crippen LogP contribution in [0.5, 0.6) is 0 Å². The summed E-state index contributed by atoms with van der Waals surface area (Å²) >= 11 is 0. The van der Waals surface area contributed by atoms with Crippen LogP contribution in [0.25, 0.3) is 0 Å². The first-order valence-electron chi connectivity index (χ1n) is 7.28. The molecule has 1 aliphatic carbocycles. The number of hydrogen-bond donors (Lipinski definition) is 1. The van der Waals surface area contributed by atoms with Crippen LogP contribution in [-0.2, 0) is 0 Å². The maximum absolute atomic E-state index is 3.41. The Kier molecular flexibility index (Phi) is 5.11. The van der Waals surface area contributed by atoms with E-state index in [0.29, 0.717) is 0 Å². The number of nitrogens with one attached hydrogen (secondary N) is 1. The van der Waals surface area contributed by atoms with Crippen molar-refractivity contribution in [3.63, 3.8) is 0 Å². The largest absolute Gasteiger partial charge is 0.317 e. The van der Waals surface area contributed by atoms with Crippen LogP contribution >= 0.6 is 0 Å². The van der Waals surface area contributed by atoms with Gasteiger partial charge in [-0.3, -0.25) is 0 Å². The van der Waals surface area contributed by atoms with Crippen molar-refractivity contribution >= 4 is 0 Å². The minimum Gasteiger partial charge on any atom is -0.317 e. The highest BCUT2D eigenvalue weighted by molar-refractivity contribution is 4.78. The van der Waals surface area contributed by atoms with Gasteiger partial charge in [-0.25, -0.2) is 0 Å². The molecule has 0 unspecified atom stereocenters. The molecule has 1 heterocycles. The van der Waals surface area contributed by atoms with Crippen LogP contribution in [0.4, 0.5) is 0 Å². The van der Waals surface area contributed by atoms with Crippen molar-refractivity contribution in [1.29, 1.82) is 0 Å². The third-order valence-corrected chi connectivity index (χ3v) is 4.49. The van der Waals surface area contributed by atoms with E-state index in [-0.39, 0.29) is 0 Å². The summed E-state index contributed by atoms with van der Waals surface area (Å²) in [6.45, 7) is 4.03. The number of rotatable bonds is 3. The molecule has 2 nitrogen and oxygen atoms in total. The summed E-state index contributed by atoms with van der Waals surface area (Å²) in [7, 11) is 2.10. The second-order valence-electron chi connectivity index (χ2n) is 5.72. The van der Waals surface area contributed by atoms with Gasteiger partial charge in [0, 0.05) is 12.6 Å². The predicted molar refractivity (Wildman–Crippen MR) is 69.7 cm³/mol. The highest BCUT2D eigenvalue weighted by Gasteiger charge is 2.21. The summed E-state index contributed by atoms with van der Waals surface area (Å²) in [6.07, 6.45) is 11.6. The van der Waals surface area contributed by atoms with Crippen molar-refractivity contribution in [1.82, 2.24) is 10.2 Å². The lowest BCUT2D eigenvalue weighted by atomic mass is 9.97. The monoisotopic (exact) mass is 224 g/mol. The van der Waals surface area contributed by atoms with Crippen molar-refractivity contribution in [2.24, 2.45) is 5.92 Å². The standard InChI is InChI=1S/C14H28N2/c1-15-14-8-10-16(11-9-14)12-13-6-4-2-3-5-7-13/h13-15H,2-12H2,1H3. The first-order chi connectivity index (χ1) is 7.88. The summed E-state index contributed by atoms with van der Waals surface area (Å²) < 4.78 is 0.